The van der Waals surface area contributed by atoms with Gasteiger partial charge in [0.05, 0.1) is 4.88 Å². The first-order chi connectivity index (χ1) is 9.56. The van der Waals surface area contributed by atoms with Gasteiger partial charge in [-0.05, 0) is 23.6 Å². The van der Waals surface area contributed by atoms with Crippen molar-refractivity contribution in [1.29, 1.82) is 0 Å². The number of thiophene rings is 1. The molecule has 1 N–H and O–H groups in total. The first kappa shape index (κ1) is 14.3. The van der Waals surface area contributed by atoms with Crippen molar-refractivity contribution in [2.24, 2.45) is 0 Å². The summed E-state index contributed by atoms with van der Waals surface area (Å²) in [6.07, 6.45) is 0.0752. The number of benzene rings is 1. The third-order valence-electron chi connectivity index (χ3n) is 2.58. The molecule has 1 heterocycles. The van der Waals surface area contributed by atoms with Crippen molar-refractivity contribution in [2.75, 3.05) is 5.32 Å². The van der Waals surface area contributed by atoms with E-state index in [0.717, 1.165) is 12.1 Å². The van der Waals surface area contributed by atoms with Gasteiger partial charge in [-0.25, -0.2) is 8.78 Å². The molecule has 0 unspecified atom stereocenters. The summed E-state index contributed by atoms with van der Waals surface area (Å²) in [4.78, 5) is 23.9. The number of carbonyl (C=O) groups excluding carboxylic acids is 2. The standard InChI is InChI=1S/C14H11F2NO2S/c15-10-4-3-9(8-11(10)16)17-14(19)6-5-12(18)13-2-1-7-20-13/h1-4,7-8H,5-6H2,(H,17,19). The van der Waals surface area contributed by atoms with Crippen LogP contribution in [0.3, 0.4) is 0 Å². The van der Waals surface area contributed by atoms with Gasteiger partial charge in [-0.3, -0.25) is 9.59 Å². The lowest BCUT2D eigenvalue weighted by atomic mass is 10.2. The summed E-state index contributed by atoms with van der Waals surface area (Å²) < 4.78 is 25.7. The summed E-state index contributed by atoms with van der Waals surface area (Å²) in [5.41, 5.74) is 0.164. The molecule has 0 saturated carbocycles. The Kier molecular flexibility index (Phi) is 4.57. The molecule has 0 radical (unpaired) electrons. The number of ketones is 1. The number of hydrogen-bond acceptors (Lipinski definition) is 3. The van der Waals surface area contributed by atoms with Crippen LogP contribution in [0.15, 0.2) is 35.7 Å². The van der Waals surface area contributed by atoms with Gasteiger partial charge in [0.1, 0.15) is 0 Å². The van der Waals surface area contributed by atoms with Crippen LogP contribution < -0.4 is 5.32 Å². The molecule has 6 heteroatoms. The number of amides is 1. The van der Waals surface area contributed by atoms with Gasteiger partial charge in [-0.2, -0.15) is 0 Å². The number of carbonyl (C=O) groups is 2. The predicted molar refractivity (Wildman–Crippen MR) is 72.9 cm³/mol. The average molecular weight is 295 g/mol. The fourth-order valence-corrected chi connectivity index (χ4v) is 2.28. The largest absolute Gasteiger partial charge is 0.326 e. The van der Waals surface area contributed by atoms with E-state index < -0.39 is 17.5 Å². The van der Waals surface area contributed by atoms with Crippen LogP contribution in [0.2, 0.25) is 0 Å². The summed E-state index contributed by atoms with van der Waals surface area (Å²) in [6.45, 7) is 0. The van der Waals surface area contributed by atoms with Gasteiger partial charge >= 0.3 is 0 Å². The van der Waals surface area contributed by atoms with E-state index in [1.807, 2.05) is 0 Å². The molecule has 0 aliphatic carbocycles. The Bertz CT molecular complexity index is 626. The summed E-state index contributed by atoms with van der Waals surface area (Å²) in [5.74, 6) is -2.53. The second kappa shape index (κ2) is 6.38. The SMILES string of the molecule is O=C(CCC(=O)c1cccs1)Nc1ccc(F)c(F)c1. The molecule has 0 aliphatic heterocycles. The van der Waals surface area contributed by atoms with E-state index in [9.17, 15) is 18.4 Å². The lowest BCUT2D eigenvalue weighted by molar-refractivity contribution is -0.116. The number of rotatable bonds is 5. The summed E-state index contributed by atoms with van der Waals surface area (Å²) in [5, 5.41) is 4.20. The zero-order chi connectivity index (χ0) is 14.5. The van der Waals surface area contributed by atoms with Gasteiger partial charge < -0.3 is 5.32 Å². The number of halogens is 2. The van der Waals surface area contributed by atoms with E-state index in [4.69, 9.17) is 0 Å². The van der Waals surface area contributed by atoms with E-state index in [1.165, 1.54) is 17.4 Å². The Labute approximate surface area is 118 Å². The molecule has 0 bridgehead atoms. The topological polar surface area (TPSA) is 46.2 Å². The number of nitrogens with one attached hydrogen (secondary N) is 1. The first-order valence-electron chi connectivity index (χ1n) is 5.88. The smallest absolute Gasteiger partial charge is 0.224 e. The highest BCUT2D eigenvalue weighted by molar-refractivity contribution is 7.12. The molecule has 0 fully saturated rings. The van der Waals surface area contributed by atoms with E-state index >= 15 is 0 Å². The molecule has 104 valence electrons. The van der Waals surface area contributed by atoms with Crippen LogP contribution in [0.1, 0.15) is 22.5 Å². The molecule has 0 saturated heterocycles. The Morgan fingerprint density at radius 1 is 1.10 bits per heavy atom. The lowest BCUT2D eigenvalue weighted by Gasteiger charge is -2.05. The van der Waals surface area contributed by atoms with Crippen molar-refractivity contribution in [3.63, 3.8) is 0 Å². The van der Waals surface area contributed by atoms with Crippen LogP contribution in [0.4, 0.5) is 14.5 Å². The van der Waals surface area contributed by atoms with E-state index in [-0.39, 0.29) is 24.3 Å². The van der Waals surface area contributed by atoms with Crippen molar-refractivity contribution >= 4 is 28.7 Å². The molecule has 3 nitrogen and oxygen atoms in total. The number of anilines is 1. The molecule has 0 atom stereocenters. The minimum Gasteiger partial charge on any atom is -0.326 e. The molecule has 2 aromatic rings. The fourth-order valence-electron chi connectivity index (χ4n) is 1.58. The van der Waals surface area contributed by atoms with Gasteiger partial charge in [0.25, 0.3) is 0 Å². The average Bonchev–Trinajstić information content (AvgIpc) is 2.94. The van der Waals surface area contributed by atoms with E-state index in [0.29, 0.717) is 4.88 Å². The van der Waals surface area contributed by atoms with Gasteiger partial charge in [-0.15, -0.1) is 11.3 Å². The number of Topliss-reactive ketones (excluding diaryl/α,β-unsaturated/α-hetero) is 1. The van der Waals surface area contributed by atoms with Crippen LogP contribution in [0.25, 0.3) is 0 Å². The Hall–Kier alpha value is -2.08. The number of hydrogen-bond donors (Lipinski definition) is 1. The van der Waals surface area contributed by atoms with Crippen molar-refractivity contribution in [3.05, 3.63) is 52.2 Å². The second-order valence-corrected chi connectivity index (χ2v) is 5.03. The summed E-state index contributed by atoms with van der Waals surface area (Å²) in [6, 6.07) is 6.55. The summed E-state index contributed by atoms with van der Waals surface area (Å²) >= 11 is 1.32. The van der Waals surface area contributed by atoms with Crippen molar-refractivity contribution in [2.45, 2.75) is 12.8 Å². The predicted octanol–water partition coefficient (Wildman–Crippen LogP) is 3.63. The van der Waals surface area contributed by atoms with E-state index in [1.54, 1.807) is 17.5 Å². The molecule has 1 aromatic carbocycles. The quantitative estimate of drug-likeness (QED) is 0.856. The normalized spacial score (nSPS) is 10.3. The molecule has 1 aromatic heterocycles. The summed E-state index contributed by atoms with van der Waals surface area (Å²) in [7, 11) is 0. The Morgan fingerprint density at radius 3 is 2.55 bits per heavy atom. The second-order valence-electron chi connectivity index (χ2n) is 4.08. The molecule has 2 rings (SSSR count). The maximum atomic E-state index is 13.0. The third-order valence-corrected chi connectivity index (χ3v) is 3.49. The molecule has 0 spiro atoms. The zero-order valence-electron chi connectivity index (χ0n) is 10.4. The lowest BCUT2D eigenvalue weighted by Crippen LogP contribution is -2.13. The van der Waals surface area contributed by atoms with Gasteiger partial charge in [0.2, 0.25) is 5.91 Å². The molecular formula is C14H11F2NO2S. The third kappa shape index (κ3) is 3.71. The van der Waals surface area contributed by atoms with E-state index in [2.05, 4.69) is 5.32 Å². The minimum absolute atomic E-state index is 0.00424. The molecule has 20 heavy (non-hydrogen) atoms. The monoisotopic (exact) mass is 295 g/mol. The van der Waals surface area contributed by atoms with Crippen molar-refractivity contribution in [1.82, 2.24) is 0 Å². The maximum absolute atomic E-state index is 13.0. The highest BCUT2D eigenvalue weighted by Gasteiger charge is 2.11. The van der Waals surface area contributed by atoms with Gasteiger partial charge in [-0.1, -0.05) is 6.07 Å². The Balaban J connectivity index is 1.86. The van der Waals surface area contributed by atoms with Gasteiger partial charge in [0, 0.05) is 24.6 Å². The maximum Gasteiger partial charge on any atom is 0.224 e. The molecule has 0 aliphatic rings. The Morgan fingerprint density at radius 2 is 1.90 bits per heavy atom. The highest BCUT2D eigenvalue weighted by Crippen LogP contribution is 2.15. The van der Waals surface area contributed by atoms with Crippen LogP contribution in [0, 0.1) is 11.6 Å². The van der Waals surface area contributed by atoms with Crippen LogP contribution in [-0.4, -0.2) is 11.7 Å². The minimum atomic E-state index is -1.03. The van der Waals surface area contributed by atoms with Gasteiger partial charge in [0.15, 0.2) is 17.4 Å². The molecular weight excluding hydrogens is 284 g/mol. The fraction of sp³-hybridized carbons (Fsp3) is 0.143. The van der Waals surface area contributed by atoms with Crippen molar-refractivity contribution in [3.8, 4) is 0 Å². The van der Waals surface area contributed by atoms with Crippen LogP contribution >= 0.6 is 11.3 Å². The highest BCUT2D eigenvalue weighted by atomic mass is 32.1. The van der Waals surface area contributed by atoms with Crippen LogP contribution in [-0.2, 0) is 4.79 Å². The van der Waals surface area contributed by atoms with Crippen molar-refractivity contribution < 1.29 is 18.4 Å². The first-order valence-corrected chi connectivity index (χ1v) is 6.76. The zero-order valence-corrected chi connectivity index (χ0v) is 11.2. The molecule has 1 amide bonds. The van der Waals surface area contributed by atoms with Crippen LogP contribution in [0.5, 0.6) is 0 Å².